The summed E-state index contributed by atoms with van der Waals surface area (Å²) in [6.07, 6.45) is 5.07. The highest BCUT2D eigenvalue weighted by atomic mass is 127. The van der Waals surface area contributed by atoms with Crippen LogP contribution in [-0.4, -0.2) is 63.2 Å². The molecule has 1 saturated carbocycles. The lowest BCUT2D eigenvalue weighted by Crippen LogP contribution is -2.49. The molecule has 0 spiro atoms. The number of aliphatic imine (C=N–C) groups is 1. The number of thiophene rings is 1. The van der Waals surface area contributed by atoms with E-state index in [1.807, 2.05) is 11.3 Å². The topological polar surface area (TPSA) is 42.9 Å². The average Bonchev–Trinajstić information content (AvgIpc) is 3.28. The van der Waals surface area contributed by atoms with Crippen molar-refractivity contribution in [3.63, 3.8) is 0 Å². The van der Waals surface area contributed by atoms with E-state index in [0.717, 1.165) is 38.1 Å². The van der Waals surface area contributed by atoms with Gasteiger partial charge < -0.3 is 20.4 Å². The molecule has 1 aromatic rings. The van der Waals surface area contributed by atoms with Crippen molar-refractivity contribution in [1.29, 1.82) is 0 Å². The number of halogens is 1. The SMILES string of the molecule is CCNC(=NCC(C1CC1)N(C)C)NC1CCN(c2cccs2)CC1.I. The predicted molar refractivity (Wildman–Crippen MR) is 124 cm³/mol. The summed E-state index contributed by atoms with van der Waals surface area (Å²) in [5.74, 6) is 1.83. The Hall–Kier alpha value is -0.540. The highest BCUT2D eigenvalue weighted by Crippen LogP contribution is 2.34. The number of likely N-dealkylation sites (N-methyl/N-ethyl adjacent to an activating group) is 1. The Kier molecular flexibility index (Phi) is 8.96. The molecule has 26 heavy (non-hydrogen) atoms. The lowest BCUT2D eigenvalue weighted by Gasteiger charge is -2.33. The van der Waals surface area contributed by atoms with E-state index in [-0.39, 0.29) is 24.0 Å². The van der Waals surface area contributed by atoms with Gasteiger partial charge in [0, 0.05) is 31.7 Å². The molecule has 1 aliphatic carbocycles. The van der Waals surface area contributed by atoms with Crippen molar-refractivity contribution in [1.82, 2.24) is 15.5 Å². The fraction of sp³-hybridized carbons (Fsp3) is 0.737. The van der Waals surface area contributed by atoms with E-state index in [1.165, 1.54) is 30.7 Å². The van der Waals surface area contributed by atoms with Gasteiger partial charge in [0.1, 0.15) is 0 Å². The van der Waals surface area contributed by atoms with E-state index in [9.17, 15) is 0 Å². The van der Waals surface area contributed by atoms with Crippen LogP contribution in [0.1, 0.15) is 32.6 Å². The van der Waals surface area contributed by atoms with Gasteiger partial charge in [-0.25, -0.2) is 0 Å². The molecule has 7 heteroatoms. The molecule has 0 amide bonds. The molecule has 0 bridgehead atoms. The van der Waals surface area contributed by atoms with Gasteiger partial charge in [0.25, 0.3) is 0 Å². The van der Waals surface area contributed by atoms with E-state index in [1.54, 1.807) is 0 Å². The third kappa shape index (κ3) is 6.27. The molecule has 1 atom stereocenters. The molecule has 0 radical (unpaired) electrons. The van der Waals surface area contributed by atoms with Gasteiger partial charge in [-0.1, -0.05) is 0 Å². The minimum absolute atomic E-state index is 0. The van der Waals surface area contributed by atoms with Crippen molar-refractivity contribution >= 4 is 46.3 Å². The van der Waals surface area contributed by atoms with Crippen LogP contribution in [0.4, 0.5) is 5.00 Å². The van der Waals surface area contributed by atoms with Crippen molar-refractivity contribution in [3.05, 3.63) is 17.5 Å². The zero-order chi connectivity index (χ0) is 17.6. The zero-order valence-electron chi connectivity index (χ0n) is 16.3. The van der Waals surface area contributed by atoms with Gasteiger partial charge >= 0.3 is 0 Å². The molecule has 1 saturated heterocycles. The average molecular weight is 491 g/mol. The van der Waals surface area contributed by atoms with Crippen molar-refractivity contribution < 1.29 is 0 Å². The number of guanidine groups is 1. The van der Waals surface area contributed by atoms with Crippen LogP contribution in [0.2, 0.25) is 0 Å². The molecule has 3 rings (SSSR count). The molecule has 0 aromatic carbocycles. The normalized spacial score (nSPS) is 20.0. The largest absolute Gasteiger partial charge is 0.363 e. The van der Waals surface area contributed by atoms with E-state index in [4.69, 9.17) is 4.99 Å². The Balaban J connectivity index is 0.00000243. The van der Waals surface area contributed by atoms with Gasteiger partial charge in [0.2, 0.25) is 0 Å². The number of nitrogens with zero attached hydrogens (tertiary/aromatic N) is 3. The number of hydrogen-bond acceptors (Lipinski definition) is 4. The summed E-state index contributed by atoms with van der Waals surface area (Å²) < 4.78 is 0. The molecule has 1 aliphatic heterocycles. The molecule has 1 unspecified atom stereocenters. The van der Waals surface area contributed by atoms with Gasteiger partial charge in [-0.2, -0.15) is 0 Å². The van der Waals surface area contributed by atoms with Crippen LogP contribution in [0.15, 0.2) is 22.5 Å². The van der Waals surface area contributed by atoms with Crippen molar-refractivity contribution in [2.75, 3.05) is 45.2 Å². The minimum atomic E-state index is 0. The van der Waals surface area contributed by atoms with Crippen LogP contribution >= 0.6 is 35.3 Å². The number of nitrogens with one attached hydrogen (secondary N) is 2. The molecule has 2 heterocycles. The quantitative estimate of drug-likeness (QED) is 0.349. The van der Waals surface area contributed by atoms with Crippen LogP contribution in [0.25, 0.3) is 0 Å². The summed E-state index contributed by atoms with van der Waals surface area (Å²) in [4.78, 5) is 9.74. The van der Waals surface area contributed by atoms with Gasteiger partial charge in [-0.05, 0) is 70.1 Å². The number of piperidine rings is 1. The fourth-order valence-corrected chi connectivity index (χ4v) is 4.39. The van der Waals surface area contributed by atoms with E-state index >= 15 is 0 Å². The Morgan fingerprint density at radius 2 is 2.04 bits per heavy atom. The number of rotatable bonds is 7. The molecule has 1 aromatic heterocycles. The molecular formula is C19H34IN5S. The molecule has 2 aliphatic rings. The van der Waals surface area contributed by atoms with E-state index in [0.29, 0.717) is 12.1 Å². The fourth-order valence-electron chi connectivity index (χ4n) is 3.61. The van der Waals surface area contributed by atoms with Crippen LogP contribution in [-0.2, 0) is 0 Å². The second-order valence-electron chi connectivity index (χ2n) is 7.44. The highest BCUT2D eigenvalue weighted by molar-refractivity contribution is 14.0. The van der Waals surface area contributed by atoms with Gasteiger partial charge in [0.15, 0.2) is 5.96 Å². The summed E-state index contributed by atoms with van der Waals surface area (Å²) >= 11 is 1.84. The molecule has 5 nitrogen and oxygen atoms in total. The Morgan fingerprint density at radius 1 is 1.31 bits per heavy atom. The Morgan fingerprint density at radius 3 is 2.58 bits per heavy atom. The predicted octanol–water partition coefficient (Wildman–Crippen LogP) is 3.23. The van der Waals surface area contributed by atoms with Crippen molar-refractivity contribution in [2.45, 2.75) is 44.7 Å². The lowest BCUT2D eigenvalue weighted by atomic mass is 10.1. The highest BCUT2D eigenvalue weighted by Gasteiger charge is 2.32. The van der Waals surface area contributed by atoms with Crippen LogP contribution in [0, 0.1) is 5.92 Å². The van der Waals surface area contributed by atoms with Crippen LogP contribution in [0.5, 0.6) is 0 Å². The molecule has 2 N–H and O–H groups in total. The summed E-state index contributed by atoms with van der Waals surface area (Å²) in [7, 11) is 4.36. The third-order valence-corrected chi connectivity index (χ3v) is 6.19. The van der Waals surface area contributed by atoms with E-state index < -0.39 is 0 Å². The summed E-state index contributed by atoms with van der Waals surface area (Å²) in [5, 5.41) is 10.7. The first-order valence-corrected chi connectivity index (χ1v) is 10.5. The van der Waals surface area contributed by atoms with Gasteiger partial charge in [-0.3, -0.25) is 4.99 Å². The van der Waals surface area contributed by atoms with Crippen molar-refractivity contribution in [2.24, 2.45) is 10.9 Å². The third-order valence-electron chi connectivity index (χ3n) is 5.26. The van der Waals surface area contributed by atoms with Gasteiger partial charge in [-0.15, -0.1) is 35.3 Å². The van der Waals surface area contributed by atoms with Gasteiger partial charge in [0.05, 0.1) is 11.5 Å². The molecule has 148 valence electrons. The van der Waals surface area contributed by atoms with Crippen molar-refractivity contribution in [3.8, 4) is 0 Å². The second kappa shape index (κ2) is 10.7. The first kappa shape index (κ1) is 21.8. The summed E-state index contributed by atoms with van der Waals surface area (Å²) in [6.45, 7) is 6.19. The number of hydrogen-bond donors (Lipinski definition) is 2. The number of anilines is 1. The standard InChI is InChI=1S/C19H33N5S.HI/c1-4-20-19(21-14-17(23(2)3)15-7-8-15)22-16-9-11-24(12-10-16)18-6-5-13-25-18;/h5-6,13,15-17H,4,7-12,14H2,1-3H3,(H2,20,21,22);1H. The minimum Gasteiger partial charge on any atom is -0.363 e. The molecule has 2 fully saturated rings. The maximum Gasteiger partial charge on any atom is 0.191 e. The maximum atomic E-state index is 4.90. The summed E-state index contributed by atoms with van der Waals surface area (Å²) in [6, 6.07) is 5.47. The first-order chi connectivity index (χ1) is 12.2. The second-order valence-corrected chi connectivity index (χ2v) is 8.37. The van der Waals surface area contributed by atoms with E-state index in [2.05, 4.69) is 59.0 Å². The summed E-state index contributed by atoms with van der Waals surface area (Å²) in [5.41, 5.74) is 0. The zero-order valence-corrected chi connectivity index (χ0v) is 19.4. The Bertz CT molecular complexity index is 534. The molecular weight excluding hydrogens is 457 g/mol. The smallest absolute Gasteiger partial charge is 0.191 e. The van der Waals surface area contributed by atoms with Crippen LogP contribution in [0.3, 0.4) is 0 Å². The Labute approximate surface area is 179 Å². The first-order valence-electron chi connectivity index (χ1n) is 9.67. The maximum absolute atomic E-state index is 4.90. The lowest BCUT2D eigenvalue weighted by molar-refractivity contribution is 0.271. The van der Waals surface area contributed by atoms with Crippen LogP contribution < -0.4 is 15.5 Å². The monoisotopic (exact) mass is 491 g/mol.